The van der Waals surface area contributed by atoms with Gasteiger partial charge in [0.25, 0.3) is 0 Å². The highest BCUT2D eigenvalue weighted by Gasteiger charge is 2.32. The number of hydrogen-bond donors (Lipinski definition) is 1. The second kappa shape index (κ2) is 3.28. The lowest BCUT2D eigenvalue weighted by molar-refractivity contribution is -0.897. The van der Waals surface area contributed by atoms with Gasteiger partial charge in [0.1, 0.15) is 5.92 Å². The molecule has 0 spiro atoms. The van der Waals surface area contributed by atoms with Crippen LogP contribution in [0.2, 0.25) is 0 Å². The standard InChI is InChI=1S/C10H11NO2/c12-10(9-6-11(13)7-9)8-4-2-1-3-5-8/h1-5,9,11H,6-7H2. The van der Waals surface area contributed by atoms with Crippen LogP contribution in [0.5, 0.6) is 0 Å². The molecule has 0 amide bonds. The van der Waals surface area contributed by atoms with Crippen molar-refractivity contribution in [2.45, 2.75) is 0 Å². The van der Waals surface area contributed by atoms with Gasteiger partial charge in [-0.3, -0.25) is 4.79 Å². The van der Waals surface area contributed by atoms with E-state index in [-0.39, 0.29) is 16.8 Å². The number of carbonyl (C=O) groups is 1. The van der Waals surface area contributed by atoms with Gasteiger partial charge in [0.05, 0.1) is 13.1 Å². The highest BCUT2D eigenvalue weighted by atomic mass is 16.5. The van der Waals surface area contributed by atoms with E-state index in [2.05, 4.69) is 0 Å². The third-order valence-electron chi connectivity index (χ3n) is 2.38. The minimum absolute atomic E-state index is 0.0464. The van der Waals surface area contributed by atoms with Crippen molar-refractivity contribution < 1.29 is 9.86 Å². The van der Waals surface area contributed by atoms with Gasteiger partial charge in [-0.05, 0) is 0 Å². The van der Waals surface area contributed by atoms with Crippen LogP contribution in [-0.2, 0) is 0 Å². The molecule has 68 valence electrons. The Balaban J connectivity index is 2.06. The summed E-state index contributed by atoms with van der Waals surface area (Å²) in [6.07, 6.45) is 0. The third kappa shape index (κ3) is 1.61. The minimum Gasteiger partial charge on any atom is -0.634 e. The largest absolute Gasteiger partial charge is 0.634 e. The van der Waals surface area contributed by atoms with Crippen molar-refractivity contribution in [3.05, 3.63) is 41.1 Å². The molecule has 1 N–H and O–H groups in total. The number of rotatable bonds is 2. The van der Waals surface area contributed by atoms with Crippen LogP contribution in [0.4, 0.5) is 0 Å². The van der Waals surface area contributed by atoms with E-state index in [0.717, 1.165) is 5.56 Å². The van der Waals surface area contributed by atoms with Crippen molar-refractivity contribution in [3.8, 4) is 0 Å². The molecule has 2 rings (SSSR count). The predicted octanol–water partition coefficient (Wildman–Crippen LogP) is -0.118. The first-order valence-electron chi connectivity index (χ1n) is 4.38. The Labute approximate surface area is 76.6 Å². The lowest BCUT2D eigenvalue weighted by Crippen LogP contribution is -3.16. The zero-order valence-electron chi connectivity index (χ0n) is 7.19. The maximum absolute atomic E-state index is 11.6. The van der Waals surface area contributed by atoms with Gasteiger partial charge < -0.3 is 10.3 Å². The fraction of sp³-hybridized carbons (Fsp3) is 0.300. The van der Waals surface area contributed by atoms with E-state index in [9.17, 15) is 10.0 Å². The molecule has 0 unspecified atom stereocenters. The third-order valence-corrected chi connectivity index (χ3v) is 2.38. The Bertz CT molecular complexity index is 304. The number of Topliss-reactive ketones (excluding diaryl/α,β-unsaturated/α-hetero) is 1. The Kier molecular flexibility index (Phi) is 2.12. The molecule has 13 heavy (non-hydrogen) atoms. The van der Waals surface area contributed by atoms with Crippen molar-refractivity contribution in [2.75, 3.05) is 13.1 Å². The van der Waals surface area contributed by atoms with E-state index in [1.54, 1.807) is 12.1 Å². The molecule has 1 aliphatic heterocycles. The summed E-state index contributed by atoms with van der Waals surface area (Å²) in [5.41, 5.74) is 0.722. The quantitative estimate of drug-likeness (QED) is 0.505. The van der Waals surface area contributed by atoms with Gasteiger partial charge in [-0.2, -0.15) is 0 Å². The van der Waals surface area contributed by atoms with E-state index in [1.165, 1.54) is 0 Å². The predicted molar refractivity (Wildman–Crippen MR) is 48.3 cm³/mol. The molecule has 3 nitrogen and oxygen atoms in total. The van der Waals surface area contributed by atoms with Crippen molar-refractivity contribution in [1.82, 2.24) is 0 Å². The summed E-state index contributed by atoms with van der Waals surface area (Å²) < 4.78 is 0. The molecule has 1 saturated heterocycles. The molecule has 0 atom stereocenters. The van der Waals surface area contributed by atoms with Gasteiger partial charge in [0.15, 0.2) is 5.78 Å². The molecular formula is C10H11NO2. The van der Waals surface area contributed by atoms with Crippen LogP contribution in [0.1, 0.15) is 10.4 Å². The Morgan fingerprint density at radius 1 is 1.31 bits per heavy atom. The first-order chi connectivity index (χ1) is 6.27. The number of hydrogen-bond acceptors (Lipinski definition) is 2. The van der Waals surface area contributed by atoms with Crippen molar-refractivity contribution in [1.29, 1.82) is 0 Å². The minimum atomic E-state index is -0.0464. The fourth-order valence-corrected chi connectivity index (χ4v) is 1.51. The van der Waals surface area contributed by atoms with Crippen LogP contribution < -0.4 is 5.06 Å². The topological polar surface area (TPSA) is 44.6 Å². The Hall–Kier alpha value is -1.19. The van der Waals surface area contributed by atoms with E-state index in [0.29, 0.717) is 13.1 Å². The summed E-state index contributed by atoms with van der Waals surface area (Å²) in [7, 11) is 0. The average Bonchev–Trinajstić information content (AvgIpc) is 2.13. The molecule has 0 aromatic heterocycles. The number of carbonyl (C=O) groups excluding carboxylic acids is 1. The highest BCUT2D eigenvalue weighted by molar-refractivity contribution is 5.98. The van der Waals surface area contributed by atoms with Gasteiger partial charge in [0, 0.05) is 5.56 Å². The fourth-order valence-electron chi connectivity index (χ4n) is 1.51. The molecule has 1 aromatic rings. The van der Waals surface area contributed by atoms with Crippen LogP contribution >= 0.6 is 0 Å². The molecule has 3 heteroatoms. The Morgan fingerprint density at radius 3 is 2.46 bits per heavy atom. The van der Waals surface area contributed by atoms with E-state index in [4.69, 9.17) is 0 Å². The molecule has 1 heterocycles. The van der Waals surface area contributed by atoms with Crippen molar-refractivity contribution >= 4 is 5.78 Å². The molecule has 1 aromatic carbocycles. The van der Waals surface area contributed by atoms with Crippen LogP contribution in [-0.4, -0.2) is 18.9 Å². The first kappa shape index (κ1) is 8.41. The van der Waals surface area contributed by atoms with Crippen LogP contribution in [0.15, 0.2) is 30.3 Å². The summed E-state index contributed by atoms with van der Waals surface area (Å²) in [4.78, 5) is 11.6. The molecule has 1 aliphatic rings. The highest BCUT2D eigenvalue weighted by Crippen LogP contribution is 2.09. The van der Waals surface area contributed by atoms with E-state index >= 15 is 0 Å². The number of hydroxylamine groups is 2. The summed E-state index contributed by atoms with van der Waals surface area (Å²) in [5.74, 6) is 0.0649. The van der Waals surface area contributed by atoms with Crippen LogP contribution in [0, 0.1) is 11.1 Å². The van der Waals surface area contributed by atoms with Gasteiger partial charge in [-0.1, -0.05) is 30.3 Å². The van der Waals surface area contributed by atoms with Gasteiger partial charge in [0.2, 0.25) is 0 Å². The van der Waals surface area contributed by atoms with Crippen molar-refractivity contribution in [3.63, 3.8) is 0 Å². The second-order valence-electron chi connectivity index (χ2n) is 3.37. The number of ketones is 1. The normalized spacial score (nSPS) is 26.5. The average molecular weight is 177 g/mol. The van der Waals surface area contributed by atoms with E-state index < -0.39 is 0 Å². The molecular weight excluding hydrogens is 166 g/mol. The maximum Gasteiger partial charge on any atom is 0.177 e. The van der Waals surface area contributed by atoms with Gasteiger partial charge >= 0.3 is 0 Å². The monoisotopic (exact) mass is 177 g/mol. The maximum atomic E-state index is 11.6. The van der Waals surface area contributed by atoms with Crippen LogP contribution in [0.25, 0.3) is 0 Å². The van der Waals surface area contributed by atoms with Gasteiger partial charge in [-0.15, -0.1) is 0 Å². The number of benzene rings is 1. The Morgan fingerprint density at radius 2 is 1.92 bits per heavy atom. The molecule has 0 saturated carbocycles. The van der Waals surface area contributed by atoms with E-state index in [1.807, 2.05) is 18.2 Å². The lowest BCUT2D eigenvalue weighted by Gasteiger charge is -2.37. The molecule has 1 fully saturated rings. The summed E-state index contributed by atoms with van der Waals surface area (Å²) in [6.45, 7) is 0.876. The SMILES string of the molecule is O=C(c1ccccc1)C1C[NH+]([O-])C1. The van der Waals surface area contributed by atoms with Crippen molar-refractivity contribution in [2.24, 2.45) is 5.92 Å². The smallest absolute Gasteiger partial charge is 0.177 e. The molecule has 0 bridgehead atoms. The zero-order valence-corrected chi connectivity index (χ0v) is 7.19. The summed E-state index contributed by atoms with van der Waals surface area (Å²) >= 11 is 0. The second-order valence-corrected chi connectivity index (χ2v) is 3.37. The molecule has 0 aliphatic carbocycles. The zero-order chi connectivity index (χ0) is 9.26. The summed E-state index contributed by atoms with van der Waals surface area (Å²) in [6, 6.07) is 9.15. The molecule has 0 radical (unpaired) electrons. The number of quaternary nitrogens is 1. The first-order valence-corrected chi connectivity index (χ1v) is 4.38. The van der Waals surface area contributed by atoms with Gasteiger partial charge in [-0.25, -0.2) is 0 Å². The lowest BCUT2D eigenvalue weighted by atomic mass is 9.92. The number of nitrogens with one attached hydrogen (secondary N) is 1. The van der Waals surface area contributed by atoms with Crippen LogP contribution in [0.3, 0.4) is 0 Å². The summed E-state index contributed by atoms with van der Waals surface area (Å²) in [5, 5.41) is 10.9.